The van der Waals surface area contributed by atoms with Crippen molar-refractivity contribution in [3.8, 4) is 0 Å². The quantitative estimate of drug-likeness (QED) is 0.677. The van der Waals surface area contributed by atoms with Gasteiger partial charge in [0.05, 0.1) is 5.92 Å². The van der Waals surface area contributed by atoms with E-state index >= 15 is 0 Å². The molecule has 1 aromatic rings. The van der Waals surface area contributed by atoms with Gasteiger partial charge in [0, 0.05) is 24.3 Å². The summed E-state index contributed by atoms with van der Waals surface area (Å²) in [5.41, 5.74) is 1.46. The van der Waals surface area contributed by atoms with Crippen LogP contribution in [0.15, 0.2) is 24.3 Å². The fourth-order valence-electron chi connectivity index (χ4n) is 2.75. The van der Waals surface area contributed by atoms with Gasteiger partial charge in [0.2, 0.25) is 11.8 Å². The highest BCUT2D eigenvalue weighted by atomic mass is 16.2. The Morgan fingerprint density at radius 2 is 2.00 bits per heavy atom. The number of benzene rings is 1. The largest absolute Gasteiger partial charge is 0.326 e. The van der Waals surface area contributed by atoms with E-state index in [0.29, 0.717) is 6.42 Å². The minimum atomic E-state index is 0.0241. The molecule has 0 saturated carbocycles. The molecule has 1 aromatic carbocycles. The summed E-state index contributed by atoms with van der Waals surface area (Å²) >= 11 is 0. The summed E-state index contributed by atoms with van der Waals surface area (Å²) < 4.78 is 0. The van der Waals surface area contributed by atoms with Gasteiger partial charge in [-0.25, -0.2) is 0 Å². The SMILES string of the molecule is CCCCCC(=O)Nc1cccc(NC(=O)C2CCCNC2)c1. The van der Waals surface area contributed by atoms with Crippen molar-refractivity contribution < 1.29 is 9.59 Å². The molecular weight excluding hydrogens is 290 g/mol. The Labute approximate surface area is 138 Å². The molecule has 1 aliphatic heterocycles. The minimum absolute atomic E-state index is 0.0241. The van der Waals surface area contributed by atoms with Crippen LogP contribution in [-0.4, -0.2) is 24.9 Å². The Kier molecular flexibility index (Phi) is 7.07. The molecule has 126 valence electrons. The third-order valence-electron chi connectivity index (χ3n) is 4.09. The molecule has 0 bridgehead atoms. The maximum absolute atomic E-state index is 12.2. The minimum Gasteiger partial charge on any atom is -0.326 e. The first kappa shape index (κ1) is 17.5. The van der Waals surface area contributed by atoms with E-state index in [1.54, 1.807) is 0 Å². The fraction of sp³-hybridized carbons (Fsp3) is 0.556. The first-order chi connectivity index (χ1) is 11.2. The van der Waals surface area contributed by atoms with Crippen LogP contribution < -0.4 is 16.0 Å². The van der Waals surface area contributed by atoms with Gasteiger partial charge in [-0.3, -0.25) is 9.59 Å². The zero-order chi connectivity index (χ0) is 16.5. The molecule has 1 heterocycles. The summed E-state index contributed by atoms with van der Waals surface area (Å²) in [5, 5.41) is 9.08. The van der Waals surface area contributed by atoms with Crippen LogP contribution in [0.1, 0.15) is 45.4 Å². The average molecular weight is 317 g/mol. The van der Waals surface area contributed by atoms with E-state index in [4.69, 9.17) is 0 Å². The van der Waals surface area contributed by atoms with Gasteiger partial charge in [-0.1, -0.05) is 25.8 Å². The summed E-state index contributed by atoms with van der Waals surface area (Å²) in [6.07, 6.45) is 5.58. The number of amides is 2. The summed E-state index contributed by atoms with van der Waals surface area (Å²) in [5.74, 6) is 0.0954. The Hall–Kier alpha value is -1.88. The summed E-state index contributed by atoms with van der Waals surface area (Å²) in [7, 11) is 0. The van der Waals surface area contributed by atoms with E-state index in [9.17, 15) is 9.59 Å². The number of piperidine rings is 1. The standard InChI is InChI=1S/C18H27N3O2/c1-2-3-4-10-17(22)20-15-8-5-9-16(12-15)21-18(23)14-7-6-11-19-13-14/h5,8-9,12,14,19H,2-4,6-7,10-11,13H2,1H3,(H,20,22)(H,21,23). The van der Waals surface area contributed by atoms with Crippen LogP contribution in [0.2, 0.25) is 0 Å². The van der Waals surface area contributed by atoms with Crippen LogP contribution in [0.5, 0.6) is 0 Å². The molecule has 1 unspecified atom stereocenters. The fourth-order valence-corrected chi connectivity index (χ4v) is 2.75. The predicted octanol–water partition coefficient (Wildman–Crippen LogP) is 3.14. The third kappa shape index (κ3) is 6.02. The van der Waals surface area contributed by atoms with E-state index < -0.39 is 0 Å². The van der Waals surface area contributed by atoms with Gasteiger partial charge in [0.25, 0.3) is 0 Å². The molecule has 0 aliphatic carbocycles. The van der Waals surface area contributed by atoms with Crippen LogP contribution >= 0.6 is 0 Å². The van der Waals surface area contributed by atoms with Crippen LogP contribution in [0.25, 0.3) is 0 Å². The second-order valence-corrected chi connectivity index (χ2v) is 6.12. The predicted molar refractivity (Wildman–Crippen MR) is 93.4 cm³/mol. The maximum atomic E-state index is 12.2. The van der Waals surface area contributed by atoms with E-state index in [-0.39, 0.29) is 17.7 Å². The summed E-state index contributed by atoms with van der Waals surface area (Å²) in [6, 6.07) is 7.35. The lowest BCUT2D eigenvalue weighted by molar-refractivity contribution is -0.120. The lowest BCUT2D eigenvalue weighted by atomic mass is 9.99. The molecule has 0 spiro atoms. The smallest absolute Gasteiger partial charge is 0.228 e. The molecule has 2 amide bonds. The molecule has 3 N–H and O–H groups in total. The topological polar surface area (TPSA) is 70.2 Å². The number of carbonyl (C=O) groups is 2. The number of carbonyl (C=O) groups excluding carboxylic acids is 2. The van der Waals surface area contributed by atoms with Crippen LogP contribution in [0.3, 0.4) is 0 Å². The lowest BCUT2D eigenvalue weighted by Gasteiger charge is -2.22. The molecule has 5 nitrogen and oxygen atoms in total. The first-order valence-corrected chi connectivity index (χ1v) is 8.60. The van der Waals surface area contributed by atoms with Crippen molar-refractivity contribution in [2.75, 3.05) is 23.7 Å². The molecule has 0 radical (unpaired) electrons. The zero-order valence-electron chi connectivity index (χ0n) is 13.9. The number of anilines is 2. The summed E-state index contributed by atoms with van der Waals surface area (Å²) in [6.45, 7) is 3.84. The molecular formula is C18H27N3O2. The van der Waals surface area contributed by atoms with E-state index in [1.807, 2.05) is 24.3 Å². The number of rotatable bonds is 7. The lowest BCUT2D eigenvalue weighted by Crippen LogP contribution is -2.37. The van der Waals surface area contributed by atoms with Crippen LogP contribution in [0, 0.1) is 5.92 Å². The molecule has 23 heavy (non-hydrogen) atoms. The summed E-state index contributed by atoms with van der Waals surface area (Å²) in [4.78, 5) is 24.1. The zero-order valence-corrected chi connectivity index (χ0v) is 13.9. The monoisotopic (exact) mass is 317 g/mol. The van der Waals surface area contributed by atoms with Crippen molar-refractivity contribution in [1.82, 2.24) is 5.32 Å². The number of hydrogen-bond acceptors (Lipinski definition) is 3. The molecule has 1 saturated heterocycles. The molecule has 1 atom stereocenters. The van der Waals surface area contributed by atoms with Crippen LogP contribution in [-0.2, 0) is 9.59 Å². The van der Waals surface area contributed by atoms with Crippen molar-refractivity contribution in [3.63, 3.8) is 0 Å². The Bertz CT molecular complexity index is 525. The Morgan fingerprint density at radius 1 is 1.22 bits per heavy atom. The maximum Gasteiger partial charge on any atom is 0.228 e. The van der Waals surface area contributed by atoms with Gasteiger partial charge >= 0.3 is 0 Å². The molecule has 1 fully saturated rings. The van der Waals surface area contributed by atoms with Crippen molar-refractivity contribution in [3.05, 3.63) is 24.3 Å². The van der Waals surface area contributed by atoms with E-state index in [1.165, 1.54) is 0 Å². The molecule has 5 heteroatoms. The highest BCUT2D eigenvalue weighted by Crippen LogP contribution is 2.18. The van der Waals surface area contributed by atoms with Crippen molar-refractivity contribution in [2.45, 2.75) is 45.4 Å². The van der Waals surface area contributed by atoms with Crippen molar-refractivity contribution >= 4 is 23.2 Å². The van der Waals surface area contributed by atoms with Crippen LogP contribution in [0.4, 0.5) is 11.4 Å². The van der Waals surface area contributed by atoms with E-state index in [2.05, 4.69) is 22.9 Å². The van der Waals surface area contributed by atoms with Gasteiger partial charge in [0.1, 0.15) is 0 Å². The molecule has 2 rings (SSSR count). The van der Waals surface area contributed by atoms with Gasteiger partial charge in [-0.2, -0.15) is 0 Å². The second kappa shape index (κ2) is 9.30. The number of nitrogens with one attached hydrogen (secondary N) is 3. The van der Waals surface area contributed by atoms with Crippen molar-refractivity contribution in [2.24, 2.45) is 5.92 Å². The normalized spacial score (nSPS) is 17.5. The van der Waals surface area contributed by atoms with Gasteiger partial charge in [-0.05, 0) is 44.0 Å². The average Bonchev–Trinajstić information content (AvgIpc) is 2.56. The number of unbranched alkanes of at least 4 members (excludes halogenated alkanes) is 2. The van der Waals surface area contributed by atoms with Crippen molar-refractivity contribution in [1.29, 1.82) is 0 Å². The highest BCUT2D eigenvalue weighted by molar-refractivity contribution is 5.95. The Morgan fingerprint density at radius 3 is 2.70 bits per heavy atom. The van der Waals surface area contributed by atoms with Gasteiger partial charge in [-0.15, -0.1) is 0 Å². The number of hydrogen-bond donors (Lipinski definition) is 3. The van der Waals surface area contributed by atoms with Gasteiger partial charge in [0.15, 0.2) is 0 Å². The Balaban J connectivity index is 1.86. The van der Waals surface area contributed by atoms with E-state index in [0.717, 1.165) is 56.6 Å². The highest BCUT2D eigenvalue weighted by Gasteiger charge is 2.20. The second-order valence-electron chi connectivity index (χ2n) is 6.12. The van der Waals surface area contributed by atoms with Gasteiger partial charge < -0.3 is 16.0 Å². The molecule has 1 aliphatic rings. The first-order valence-electron chi connectivity index (χ1n) is 8.60. The molecule has 0 aromatic heterocycles. The third-order valence-corrected chi connectivity index (χ3v) is 4.09.